The maximum Gasteiger partial charge on any atom is 0.430 e. The molecule has 1 unspecified atom stereocenters. The minimum Gasteiger partial charge on any atom is -0.542 e. The lowest BCUT2D eigenvalue weighted by Crippen LogP contribution is -2.83. The first kappa shape index (κ1) is 35.2. The monoisotopic (exact) mass is 631 g/mol. The number of halogens is 4. The standard InChI is InChI=1S/C31H36FN3O3.C2HF3O2/c1-5-31(17-28(36)35(20-31)24-10-7-22(8-11-24)29(37)38)14-15-33-18-21-6-12-25(26(16-21)30(2,3)4)23-9-13-27(32)34-19-23;3-2(4,5)1(6)7/h6-13,16,19,33H,5,14-15,17-18,20H2,1-4H3,(H,37,38);(H,6,7). The fraction of sp³-hybridized carbons (Fsp3) is 0.394. The van der Waals surface area contributed by atoms with Crippen LogP contribution in [0.4, 0.5) is 23.2 Å². The van der Waals surface area contributed by atoms with Crippen LogP contribution < -0.4 is 15.3 Å². The minimum absolute atomic E-state index is 0.0810. The molecule has 3 N–H and O–H groups in total. The van der Waals surface area contributed by atoms with E-state index < -0.39 is 24.1 Å². The molecule has 0 bridgehead atoms. The summed E-state index contributed by atoms with van der Waals surface area (Å²) in [5, 5.41) is 20.2. The van der Waals surface area contributed by atoms with E-state index in [4.69, 9.17) is 15.0 Å². The number of carbonyl (C=O) groups excluding carboxylic acids is 2. The molecule has 0 spiro atoms. The Labute approximate surface area is 259 Å². The van der Waals surface area contributed by atoms with Gasteiger partial charge in [0.1, 0.15) is 12.5 Å². The van der Waals surface area contributed by atoms with Gasteiger partial charge in [-0.2, -0.15) is 17.6 Å². The van der Waals surface area contributed by atoms with Crippen LogP contribution in [-0.4, -0.2) is 47.2 Å². The molecule has 1 saturated heterocycles. The van der Waals surface area contributed by atoms with Crippen LogP contribution in [0.3, 0.4) is 0 Å². The number of aliphatic carboxylic acids is 1. The lowest BCUT2D eigenvalue weighted by Gasteiger charge is -2.27. The molecular formula is C33H37F4N3O5. The van der Waals surface area contributed by atoms with E-state index >= 15 is 0 Å². The minimum atomic E-state index is -5.19. The van der Waals surface area contributed by atoms with Gasteiger partial charge < -0.3 is 25.2 Å². The fourth-order valence-electron chi connectivity index (χ4n) is 5.30. The smallest absolute Gasteiger partial charge is 0.430 e. The van der Waals surface area contributed by atoms with E-state index in [1.54, 1.807) is 41.4 Å². The van der Waals surface area contributed by atoms with Crippen LogP contribution in [0.15, 0.2) is 60.8 Å². The molecule has 1 aliphatic heterocycles. The number of quaternary nitrogens is 1. The number of rotatable bonds is 9. The second kappa shape index (κ2) is 14.2. The zero-order valence-electron chi connectivity index (χ0n) is 25.6. The largest absolute Gasteiger partial charge is 0.542 e. The van der Waals surface area contributed by atoms with Crippen LogP contribution in [0.1, 0.15) is 68.4 Å². The van der Waals surface area contributed by atoms with Crippen LogP contribution in [0.25, 0.3) is 11.1 Å². The summed E-state index contributed by atoms with van der Waals surface area (Å²) in [5.41, 5.74) is 5.20. The summed E-state index contributed by atoms with van der Waals surface area (Å²) in [6.07, 6.45) is -1.27. The number of aromatic carboxylic acids is 1. The molecule has 0 saturated carbocycles. The third-order valence-corrected chi connectivity index (χ3v) is 7.92. The molecule has 0 radical (unpaired) electrons. The average Bonchev–Trinajstić information content (AvgIpc) is 3.31. The number of pyridine rings is 1. The highest BCUT2D eigenvalue weighted by Crippen LogP contribution is 2.40. The lowest BCUT2D eigenvalue weighted by atomic mass is 9.80. The Bertz CT molecular complexity index is 1500. The van der Waals surface area contributed by atoms with E-state index in [1.165, 1.54) is 17.2 Å². The van der Waals surface area contributed by atoms with Gasteiger partial charge in [0.15, 0.2) is 0 Å². The van der Waals surface area contributed by atoms with Crippen molar-refractivity contribution in [2.24, 2.45) is 5.41 Å². The molecular weight excluding hydrogens is 594 g/mol. The normalized spacial score (nSPS) is 16.7. The van der Waals surface area contributed by atoms with Gasteiger partial charge in [0.25, 0.3) is 0 Å². The molecule has 12 heteroatoms. The molecule has 4 rings (SSSR count). The average molecular weight is 632 g/mol. The first-order valence-corrected chi connectivity index (χ1v) is 14.4. The molecule has 2 aromatic carbocycles. The van der Waals surface area contributed by atoms with Crippen LogP contribution >= 0.6 is 0 Å². The van der Waals surface area contributed by atoms with Gasteiger partial charge in [0.05, 0.1) is 12.1 Å². The number of carboxylic acid groups (broad SMARTS) is 2. The summed E-state index contributed by atoms with van der Waals surface area (Å²) < 4.78 is 44.9. The summed E-state index contributed by atoms with van der Waals surface area (Å²) in [6.45, 7) is 11.1. The van der Waals surface area contributed by atoms with Crippen molar-refractivity contribution < 1.29 is 47.5 Å². The van der Waals surface area contributed by atoms with Crippen molar-refractivity contribution in [2.45, 2.75) is 65.1 Å². The van der Waals surface area contributed by atoms with E-state index in [0.29, 0.717) is 13.0 Å². The zero-order chi connectivity index (χ0) is 33.6. The summed E-state index contributed by atoms with van der Waals surface area (Å²) in [6, 6.07) is 16.2. The lowest BCUT2D eigenvalue weighted by molar-refractivity contribution is -0.672. The number of amides is 1. The van der Waals surface area contributed by atoms with Crippen molar-refractivity contribution in [1.82, 2.24) is 4.98 Å². The van der Waals surface area contributed by atoms with Gasteiger partial charge in [0, 0.05) is 47.8 Å². The molecule has 242 valence electrons. The molecule has 1 amide bonds. The van der Waals surface area contributed by atoms with Gasteiger partial charge >= 0.3 is 12.1 Å². The number of nitrogens with zero attached hydrogens (tertiary/aromatic N) is 2. The van der Waals surface area contributed by atoms with Crippen molar-refractivity contribution in [2.75, 3.05) is 18.0 Å². The molecule has 1 fully saturated rings. The van der Waals surface area contributed by atoms with Crippen molar-refractivity contribution >= 4 is 23.5 Å². The Morgan fingerprint density at radius 3 is 2.22 bits per heavy atom. The summed E-state index contributed by atoms with van der Waals surface area (Å²) >= 11 is 0. The van der Waals surface area contributed by atoms with Crippen molar-refractivity contribution in [1.29, 1.82) is 0 Å². The number of benzene rings is 2. The summed E-state index contributed by atoms with van der Waals surface area (Å²) in [7, 11) is 0. The first-order chi connectivity index (χ1) is 21.0. The molecule has 1 aromatic heterocycles. The highest BCUT2D eigenvalue weighted by Gasteiger charge is 2.42. The van der Waals surface area contributed by atoms with Gasteiger partial charge in [0.2, 0.25) is 11.9 Å². The molecule has 1 atom stereocenters. The molecule has 8 nitrogen and oxygen atoms in total. The number of anilines is 1. The summed E-state index contributed by atoms with van der Waals surface area (Å²) in [4.78, 5) is 38.5. The summed E-state index contributed by atoms with van der Waals surface area (Å²) in [5.74, 6) is -4.37. The van der Waals surface area contributed by atoms with Gasteiger partial charge in [-0.3, -0.25) is 4.79 Å². The Kier molecular flexibility index (Phi) is 11.1. The van der Waals surface area contributed by atoms with Crippen molar-refractivity contribution in [3.05, 3.63) is 83.4 Å². The maximum atomic E-state index is 13.4. The van der Waals surface area contributed by atoms with E-state index in [1.807, 2.05) is 0 Å². The van der Waals surface area contributed by atoms with Gasteiger partial charge in [-0.15, -0.1) is 0 Å². The number of hydrogen-bond acceptors (Lipinski definition) is 5. The predicted octanol–water partition coefficient (Wildman–Crippen LogP) is 4.47. The molecule has 3 aromatic rings. The third kappa shape index (κ3) is 9.34. The highest BCUT2D eigenvalue weighted by atomic mass is 19.4. The van der Waals surface area contributed by atoms with E-state index in [2.05, 4.69) is 56.2 Å². The first-order valence-electron chi connectivity index (χ1n) is 14.4. The molecule has 1 aliphatic rings. The number of hydrogen-bond donors (Lipinski definition) is 2. The zero-order valence-corrected chi connectivity index (χ0v) is 25.6. The quantitative estimate of drug-likeness (QED) is 0.204. The Morgan fingerprint density at radius 1 is 1.07 bits per heavy atom. The predicted molar refractivity (Wildman–Crippen MR) is 158 cm³/mol. The van der Waals surface area contributed by atoms with Crippen LogP contribution in [0.2, 0.25) is 0 Å². The number of aromatic nitrogens is 1. The van der Waals surface area contributed by atoms with E-state index in [0.717, 1.165) is 42.7 Å². The SMILES string of the molecule is CCC1(CC[NH2+]Cc2ccc(-c3ccc(F)nc3)c(C(C)(C)C)c2)CC(=O)N(c2ccc(C(=O)O)cc2)C1.O=C([O-])C(F)(F)F. The number of carbonyl (C=O) groups is 3. The molecule has 0 aliphatic carbocycles. The van der Waals surface area contributed by atoms with Gasteiger partial charge in [-0.1, -0.05) is 39.8 Å². The third-order valence-electron chi connectivity index (χ3n) is 7.92. The van der Waals surface area contributed by atoms with Crippen LogP contribution in [0.5, 0.6) is 0 Å². The van der Waals surface area contributed by atoms with E-state index in [-0.39, 0.29) is 22.3 Å². The molecule has 2 heterocycles. The van der Waals surface area contributed by atoms with Gasteiger partial charge in [-0.05, 0) is 65.4 Å². The van der Waals surface area contributed by atoms with Crippen molar-refractivity contribution in [3.63, 3.8) is 0 Å². The number of carboxylic acids is 2. The van der Waals surface area contributed by atoms with E-state index in [9.17, 15) is 27.2 Å². The second-order valence-corrected chi connectivity index (χ2v) is 12.2. The number of nitrogens with two attached hydrogens (primary N) is 1. The molecule has 45 heavy (non-hydrogen) atoms. The Morgan fingerprint density at radius 2 is 1.71 bits per heavy atom. The van der Waals surface area contributed by atoms with Crippen LogP contribution in [-0.2, 0) is 21.5 Å². The Balaban J connectivity index is 0.000000707. The van der Waals surface area contributed by atoms with Crippen molar-refractivity contribution in [3.8, 4) is 11.1 Å². The van der Waals surface area contributed by atoms with Gasteiger partial charge in [-0.25, -0.2) is 9.78 Å². The Hall–Kier alpha value is -4.32. The number of alkyl halides is 3. The topological polar surface area (TPSA) is 127 Å². The fourth-order valence-corrected chi connectivity index (χ4v) is 5.30. The van der Waals surface area contributed by atoms with Crippen LogP contribution in [0, 0.1) is 11.4 Å². The highest BCUT2D eigenvalue weighted by molar-refractivity contribution is 5.97. The maximum absolute atomic E-state index is 13.4. The second-order valence-electron chi connectivity index (χ2n) is 12.2.